The molecule has 0 aromatic heterocycles. The lowest BCUT2D eigenvalue weighted by molar-refractivity contribution is 0.0351. The zero-order chi connectivity index (χ0) is 14.8. The van der Waals surface area contributed by atoms with E-state index in [9.17, 15) is 10.2 Å². The van der Waals surface area contributed by atoms with Crippen molar-refractivity contribution in [3.8, 4) is 5.75 Å². The monoisotopic (exact) mass is 278 g/mol. The molecule has 0 radical (unpaired) electrons. The number of piperidine rings is 1. The minimum Gasteiger partial charge on any atom is -0.508 e. The van der Waals surface area contributed by atoms with Crippen LogP contribution in [0.1, 0.15) is 45.2 Å². The summed E-state index contributed by atoms with van der Waals surface area (Å²) in [6.45, 7) is 8.54. The van der Waals surface area contributed by atoms with E-state index in [0.717, 1.165) is 43.7 Å². The fraction of sp³-hybridized carbons (Fsp3) is 0.625. The Morgan fingerprint density at radius 1 is 1.35 bits per heavy atom. The highest BCUT2D eigenvalue weighted by Crippen LogP contribution is 2.31. The molecule has 1 heterocycles. The number of benzene rings is 1. The summed E-state index contributed by atoms with van der Waals surface area (Å²) in [5, 5.41) is 23.5. The summed E-state index contributed by atoms with van der Waals surface area (Å²) in [7, 11) is 0. The molecule has 1 aromatic rings. The van der Waals surface area contributed by atoms with Crippen molar-refractivity contribution in [3.05, 3.63) is 23.8 Å². The van der Waals surface area contributed by atoms with Crippen LogP contribution in [-0.4, -0.2) is 35.4 Å². The number of phenolic OH excluding ortho intramolecular Hbond substituents is 1. The molecule has 4 heteroatoms. The number of nitrogens with one attached hydrogen (secondary N) is 1. The van der Waals surface area contributed by atoms with Gasteiger partial charge in [0.1, 0.15) is 5.75 Å². The standard InChI is InChI=1S/C16H26N2O2/c1-4-17-12(2)14-6-5-13(11-15(14)19)18-9-7-16(3,20)8-10-18/h5-6,11-12,17,19-20H,4,7-10H2,1-3H3. The first-order chi connectivity index (χ1) is 9.43. The molecule has 3 N–H and O–H groups in total. The van der Waals surface area contributed by atoms with Crippen molar-refractivity contribution in [1.29, 1.82) is 0 Å². The fourth-order valence-electron chi connectivity index (χ4n) is 2.76. The third-order valence-electron chi connectivity index (χ3n) is 4.20. The average molecular weight is 278 g/mol. The van der Waals surface area contributed by atoms with Crippen LogP contribution in [0.25, 0.3) is 0 Å². The number of hydrogen-bond donors (Lipinski definition) is 3. The van der Waals surface area contributed by atoms with E-state index < -0.39 is 5.60 Å². The van der Waals surface area contributed by atoms with Crippen LogP contribution in [0.2, 0.25) is 0 Å². The van der Waals surface area contributed by atoms with Gasteiger partial charge in [-0.15, -0.1) is 0 Å². The van der Waals surface area contributed by atoms with Crippen molar-refractivity contribution in [3.63, 3.8) is 0 Å². The van der Waals surface area contributed by atoms with Gasteiger partial charge in [-0.1, -0.05) is 13.0 Å². The van der Waals surface area contributed by atoms with Crippen molar-refractivity contribution in [2.24, 2.45) is 0 Å². The second kappa shape index (κ2) is 6.02. The highest BCUT2D eigenvalue weighted by molar-refractivity contribution is 5.54. The molecule has 4 nitrogen and oxygen atoms in total. The van der Waals surface area contributed by atoms with E-state index in [0.29, 0.717) is 5.75 Å². The van der Waals surface area contributed by atoms with Crippen LogP contribution in [0.4, 0.5) is 5.69 Å². The van der Waals surface area contributed by atoms with Gasteiger partial charge < -0.3 is 20.4 Å². The van der Waals surface area contributed by atoms with Gasteiger partial charge in [0, 0.05) is 36.4 Å². The SMILES string of the molecule is CCNC(C)c1ccc(N2CCC(C)(O)CC2)cc1O. The normalized spacial score (nSPS) is 19.9. The molecule has 20 heavy (non-hydrogen) atoms. The molecular weight excluding hydrogens is 252 g/mol. The number of hydrogen-bond acceptors (Lipinski definition) is 4. The lowest BCUT2D eigenvalue weighted by Crippen LogP contribution is -2.42. The number of aromatic hydroxyl groups is 1. The maximum atomic E-state index is 10.2. The van der Waals surface area contributed by atoms with Crippen molar-refractivity contribution in [1.82, 2.24) is 5.32 Å². The quantitative estimate of drug-likeness (QED) is 0.791. The van der Waals surface area contributed by atoms with E-state index in [1.165, 1.54) is 0 Å². The molecule has 1 unspecified atom stereocenters. The summed E-state index contributed by atoms with van der Waals surface area (Å²) >= 11 is 0. The van der Waals surface area contributed by atoms with Crippen LogP contribution in [0.15, 0.2) is 18.2 Å². The topological polar surface area (TPSA) is 55.7 Å². The van der Waals surface area contributed by atoms with Crippen LogP contribution in [0, 0.1) is 0 Å². The van der Waals surface area contributed by atoms with E-state index in [-0.39, 0.29) is 6.04 Å². The highest BCUT2D eigenvalue weighted by Gasteiger charge is 2.27. The van der Waals surface area contributed by atoms with E-state index in [1.54, 1.807) is 0 Å². The molecule has 1 saturated heterocycles. The first kappa shape index (κ1) is 15.1. The second-order valence-electron chi connectivity index (χ2n) is 6.01. The first-order valence-electron chi connectivity index (χ1n) is 7.46. The van der Waals surface area contributed by atoms with Crippen LogP contribution >= 0.6 is 0 Å². The summed E-state index contributed by atoms with van der Waals surface area (Å²) < 4.78 is 0. The van der Waals surface area contributed by atoms with Gasteiger partial charge in [0.2, 0.25) is 0 Å². The molecule has 1 aromatic carbocycles. The number of aliphatic hydroxyl groups is 1. The Morgan fingerprint density at radius 3 is 2.55 bits per heavy atom. The lowest BCUT2D eigenvalue weighted by Gasteiger charge is -2.37. The van der Waals surface area contributed by atoms with Gasteiger partial charge in [-0.3, -0.25) is 0 Å². The van der Waals surface area contributed by atoms with Crippen LogP contribution < -0.4 is 10.2 Å². The van der Waals surface area contributed by atoms with Crippen molar-refractivity contribution in [2.45, 2.75) is 45.3 Å². The lowest BCUT2D eigenvalue weighted by atomic mass is 9.93. The van der Waals surface area contributed by atoms with Crippen LogP contribution in [0.5, 0.6) is 5.75 Å². The van der Waals surface area contributed by atoms with Gasteiger partial charge >= 0.3 is 0 Å². The van der Waals surface area contributed by atoms with Crippen LogP contribution in [0.3, 0.4) is 0 Å². The van der Waals surface area contributed by atoms with Gasteiger partial charge in [0.15, 0.2) is 0 Å². The molecule has 1 aliphatic rings. The van der Waals surface area contributed by atoms with E-state index >= 15 is 0 Å². The van der Waals surface area contributed by atoms with Gasteiger partial charge in [-0.05, 0) is 39.3 Å². The minimum absolute atomic E-state index is 0.149. The smallest absolute Gasteiger partial charge is 0.122 e. The predicted molar refractivity (Wildman–Crippen MR) is 82.3 cm³/mol. The molecule has 0 saturated carbocycles. The number of nitrogens with zero attached hydrogens (tertiary/aromatic N) is 1. The Hall–Kier alpha value is -1.26. The molecular formula is C16H26N2O2. The average Bonchev–Trinajstić information content (AvgIpc) is 2.38. The summed E-state index contributed by atoms with van der Waals surface area (Å²) in [6.07, 6.45) is 1.53. The molecule has 1 aliphatic heterocycles. The Morgan fingerprint density at radius 2 is 2.00 bits per heavy atom. The molecule has 1 atom stereocenters. The van der Waals surface area contributed by atoms with Gasteiger partial charge in [-0.25, -0.2) is 0 Å². The summed E-state index contributed by atoms with van der Waals surface area (Å²) in [4.78, 5) is 2.22. The number of rotatable bonds is 4. The summed E-state index contributed by atoms with van der Waals surface area (Å²) in [5.74, 6) is 0.341. The largest absolute Gasteiger partial charge is 0.508 e. The molecule has 0 spiro atoms. The second-order valence-corrected chi connectivity index (χ2v) is 6.01. The van der Waals surface area contributed by atoms with Crippen molar-refractivity contribution in [2.75, 3.05) is 24.5 Å². The van der Waals surface area contributed by atoms with Crippen molar-refractivity contribution < 1.29 is 10.2 Å². The molecule has 1 fully saturated rings. The molecule has 112 valence electrons. The summed E-state index contributed by atoms with van der Waals surface area (Å²) in [5.41, 5.74) is 1.42. The maximum Gasteiger partial charge on any atom is 0.122 e. The van der Waals surface area contributed by atoms with Crippen molar-refractivity contribution >= 4 is 5.69 Å². The molecule has 0 amide bonds. The Bertz CT molecular complexity index is 450. The molecule has 2 rings (SSSR count). The summed E-state index contributed by atoms with van der Waals surface area (Å²) in [6, 6.07) is 6.03. The molecule has 0 aliphatic carbocycles. The van der Waals surface area contributed by atoms with E-state index in [2.05, 4.69) is 30.1 Å². The van der Waals surface area contributed by atoms with Gasteiger partial charge in [0.05, 0.1) is 5.60 Å². The molecule has 0 bridgehead atoms. The van der Waals surface area contributed by atoms with E-state index in [1.807, 2.05) is 19.1 Å². The van der Waals surface area contributed by atoms with E-state index in [4.69, 9.17) is 0 Å². The fourth-order valence-corrected chi connectivity index (χ4v) is 2.76. The minimum atomic E-state index is -0.544. The Kier molecular flexibility index (Phi) is 4.55. The first-order valence-corrected chi connectivity index (χ1v) is 7.46. The third kappa shape index (κ3) is 3.44. The Labute approximate surface area is 121 Å². The maximum absolute atomic E-state index is 10.2. The zero-order valence-electron chi connectivity index (χ0n) is 12.7. The van der Waals surface area contributed by atoms with Gasteiger partial charge in [0.25, 0.3) is 0 Å². The van der Waals surface area contributed by atoms with Gasteiger partial charge in [-0.2, -0.15) is 0 Å². The number of phenols is 1. The van der Waals surface area contributed by atoms with Crippen LogP contribution in [-0.2, 0) is 0 Å². The Balaban J connectivity index is 2.09. The third-order valence-corrected chi connectivity index (χ3v) is 4.20. The number of anilines is 1. The highest BCUT2D eigenvalue weighted by atomic mass is 16.3. The zero-order valence-corrected chi connectivity index (χ0v) is 12.7. The predicted octanol–water partition coefficient (Wildman–Crippen LogP) is 2.41.